The van der Waals surface area contributed by atoms with Gasteiger partial charge in [0, 0.05) is 33.1 Å². The molecule has 6 nitrogen and oxygen atoms in total. The second-order valence-corrected chi connectivity index (χ2v) is 5.76. The van der Waals surface area contributed by atoms with Crippen LogP contribution in [0.3, 0.4) is 0 Å². The maximum atomic E-state index is 12.4. The predicted octanol–water partition coefficient (Wildman–Crippen LogP) is 1.23. The van der Waals surface area contributed by atoms with Gasteiger partial charge in [0.25, 0.3) is 0 Å². The van der Waals surface area contributed by atoms with Crippen LogP contribution in [-0.4, -0.2) is 57.6 Å². The molecule has 21 heavy (non-hydrogen) atoms. The molecule has 0 unspecified atom stereocenters. The molecule has 0 saturated carbocycles. The number of aromatic nitrogens is 2. The highest BCUT2D eigenvalue weighted by Gasteiger charge is 2.21. The van der Waals surface area contributed by atoms with Crippen molar-refractivity contribution in [2.24, 2.45) is 0 Å². The minimum Gasteiger partial charge on any atom is -0.341 e. The molecule has 0 aromatic carbocycles. The van der Waals surface area contributed by atoms with Gasteiger partial charge in [-0.2, -0.15) is 5.10 Å². The van der Waals surface area contributed by atoms with Gasteiger partial charge < -0.3 is 9.80 Å². The number of carbonyl (C=O) groups is 2. The van der Waals surface area contributed by atoms with Crippen LogP contribution in [0.1, 0.15) is 24.7 Å². The summed E-state index contributed by atoms with van der Waals surface area (Å²) < 4.78 is 1.65. The smallest absolute Gasteiger partial charge is 0.244 e. The van der Waals surface area contributed by atoms with E-state index in [0.717, 1.165) is 17.8 Å². The van der Waals surface area contributed by atoms with Gasteiger partial charge in [-0.3, -0.25) is 14.3 Å². The molecule has 1 saturated heterocycles. The molecule has 2 rings (SSSR count). The maximum Gasteiger partial charge on any atom is 0.244 e. The number of halogens is 1. The molecule has 1 aromatic heterocycles. The number of aryl methyl sites for hydroxylation is 1. The number of hydrogen-bond acceptors (Lipinski definition) is 3. The SMILES string of the molecule is CC(=O)N1CCCN(C(=O)Cn2nc(C)c(Cl)c2C)CC1. The van der Waals surface area contributed by atoms with Crippen LogP contribution < -0.4 is 0 Å². The molecule has 0 atom stereocenters. The fourth-order valence-corrected chi connectivity index (χ4v) is 2.67. The summed E-state index contributed by atoms with van der Waals surface area (Å²) in [5.74, 6) is 0.0808. The average Bonchev–Trinajstić information content (AvgIpc) is 2.66. The van der Waals surface area contributed by atoms with E-state index in [9.17, 15) is 9.59 Å². The van der Waals surface area contributed by atoms with Crippen molar-refractivity contribution in [1.29, 1.82) is 0 Å². The van der Waals surface area contributed by atoms with E-state index in [0.29, 0.717) is 31.2 Å². The van der Waals surface area contributed by atoms with Crippen LogP contribution in [0.4, 0.5) is 0 Å². The monoisotopic (exact) mass is 312 g/mol. The van der Waals surface area contributed by atoms with Crippen LogP contribution in [0.2, 0.25) is 5.02 Å². The Morgan fingerprint density at radius 3 is 2.33 bits per heavy atom. The fourth-order valence-electron chi connectivity index (χ4n) is 2.54. The second-order valence-electron chi connectivity index (χ2n) is 5.38. The molecule has 0 radical (unpaired) electrons. The number of carbonyl (C=O) groups excluding carboxylic acids is 2. The molecule has 1 aliphatic rings. The molecule has 2 heterocycles. The number of hydrogen-bond donors (Lipinski definition) is 0. The second kappa shape index (κ2) is 6.47. The molecular formula is C14H21ClN4O2. The fraction of sp³-hybridized carbons (Fsp3) is 0.643. The summed E-state index contributed by atoms with van der Waals surface area (Å²) in [6.45, 7) is 8.00. The van der Waals surface area contributed by atoms with E-state index in [4.69, 9.17) is 11.6 Å². The topological polar surface area (TPSA) is 58.4 Å². The third kappa shape index (κ3) is 3.56. The molecule has 0 N–H and O–H groups in total. The van der Waals surface area contributed by atoms with E-state index in [1.165, 1.54) is 0 Å². The third-order valence-electron chi connectivity index (χ3n) is 3.87. The first-order valence-corrected chi connectivity index (χ1v) is 7.50. The molecule has 1 aliphatic heterocycles. The van der Waals surface area contributed by atoms with Crippen LogP contribution in [0.25, 0.3) is 0 Å². The van der Waals surface area contributed by atoms with Crippen molar-refractivity contribution in [2.45, 2.75) is 33.7 Å². The van der Waals surface area contributed by atoms with E-state index in [2.05, 4.69) is 5.10 Å². The highest BCUT2D eigenvalue weighted by Crippen LogP contribution is 2.19. The van der Waals surface area contributed by atoms with Gasteiger partial charge in [-0.05, 0) is 20.3 Å². The zero-order chi connectivity index (χ0) is 15.6. The van der Waals surface area contributed by atoms with Crippen LogP contribution >= 0.6 is 11.6 Å². The highest BCUT2D eigenvalue weighted by molar-refractivity contribution is 6.31. The van der Waals surface area contributed by atoms with Crippen LogP contribution in [0.5, 0.6) is 0 Å². The van der Waals surface area contributed by atoms with E-state index in [1.54, 1.807) is 21.4 Å². The molecule has 0 bridgehead atoms. The molecule has 1 fully saturated rings. The van der Waals surface area contributed by atoms with E-state index in [1.807, 2.05) is 13.8 Å². The Hall–Kier alpha value is -1.56. The molecule has 7 heteroatoms. The van der Waals surface area contributed by atoms with Crippen molar-refractivity contribution < 1.29 is 9.59 Å². The Kier molecular flexibility index (Phi) is 4.88. The molecule has 1 aromatic rings. The van der Waals surface area contributed by atoms with Crippen molar-refractivity contribution in [3.05, 3.63) is 16.4 Å². The van der Waals surface area contributed by atoms with E-state index in [-0.39, 0.29) is 18.4 Å². The molecule has 0 aliphatic carbocycles. The molecule has 0 spiro atoms. The summed E-state index contributed by atoms with van der Waals surface area (Å²) in [6, 6.07) is 0. The van der Waals surface area contributed by atoms with Gasteiger partial charge in [0.2, 0.25) is 11.8 Å². The lowest BCUT2D eigenvalue weighted by Crippen LogP contribution is -2.38. The summed E-state index contributed by atoms with van der Waals surface area (Å²) >= 11 is 6.10. The van der Waals surface area contributed by atoms with Crippen molar-refractivity contribution in [3.8, 4) is 0 Å². The van der Waals surface area contributed by atoms with Gasteiger partial charge in [0.1, 0.15) is 6.54 Å². The lowest BCUT2D eigenvalue weighted by atomic mass is 10.3. The number of amides is 2. The van der Waals surface area contributed by atoms with Crippen LogP contribution in [0, 0.1) is 13.8 Å². The summed E-state index contributed by atoms with van der Waals surface area (Å²) in [6.07, 6.45) is 0.809. The Labute approximate surface area is 129 Å². The maximum absolute atomic E-state index is 12.4. The first kappa shape index (κ1) is 15.8. The quantitative estimate of drug-likeness (QED) is 0.825. The minimum atomic E-state index is 0.0164. The van der Waals surface area contributed by atoms with Gasteiger partial charge >= 0.3 is 0 Å². The van der Waals surface area contributed by atoms with Gasteiger partial charge in [-0.15, -0.1) is 0 Å². The third-order valence-corrected chi connectivity index (χ3v) is 4.42. The minimum absolute atomic E-state index is 0.0164. The van der Waals surface area contributed by atoms with Crippen LogP contribution in [0.15, 0.2) is 0 Å². The van der Waals surface area contributed by atoms with Crippen molar-refractivity contribution in [2.75, 3.05) is 26.2 Å². The summed E-state index contributed by atoms with van der Waals surface area (Å²) in [5.41, 5.74) is 1.54. The first-order valence-electron chi connectivity index (χ1n) is 7.13. The Morgan fingerprint density at radius 2 is 1.76 bits per heavy atom. The Bertz CT molecular complexity index is 555. The zero-order valence-corrected chi connectivity index (χ0v) is 13.5. The van der Waals surface area contributed by atoms with Crippen molar-refractivity contribution in [3.63, 3.8) is 0 Å². The van der Waals surface area contributed by atoms with Crippen molar-refractivity contribution >= 4 is 23.4 Å². The van der Waals surface area contributed by atoms with Crippen molar-refractivity contribution in [1.82, 2.24) is 19.6 Å². The van der Waals surface area contributed by atoms with Crippen LogP contribution in [-0.2, 0) is 16.1 Å². The van der Waals surface area contributed by atoms with E-state index < -0.39 is 0 Å². The molecular weight excluding hydrogens is 292 g/mol. The van der Waals surface area contributed by atoms with Gasteiger partial charge in [0.15, 0.2) is 0 Å². The first-order chi connectivity index (χ1) is 9.90. The standard InChI is InChI=1S/C14H21ClN4O2/c1-10-14(15)11(2)19(16-10)9-13(21)18-6-4-5-17(7-8-18)12(3)20/h4-9H2,1-3H3. The molecule has 2 amide bonds. The molecule has 116 valence electrons. The Balaban J connectivity index is 2.00. The Morgan fingerprint density at radius 1 is 1.14 bits per heavy atom. The summed E-state index contributed by atoms with van der Waals surface area (Å²) in [4.78, 5) is 27.4. The lowest BCUT2D eigenvalue weighted by Gasteiger charge is -2.21. The zero-order valence-electron chi connectivity index (χ0n) is 12.7. The number of rotatable bonds is 2. The average molecular weight is 313 g/mol. The number of nitrogens with zero attached hydrogens (tertiary/aromatic N) is 4. The van der Waals surface area contributed by atoms with E-state index >= 15 is 0 Å². The summed E-state index contributed by atoms with van der Waals surface area (Å²) in [7, 11) is 0. The summed E-state index contributed by atoms with van der Waals surface area (Å²) in [5, 5.41) is 4.90. The predicted molar refractivity (Wildman–Crippen MR) is 80.2 cm³/mol. The largest absolute Gasteiger partial charge is 0.341 e. The highest BCUT2D eigenvalue weighted by atomic mass is 35.5. The lowest BCUT2D eigenvalue weighted by molar-refractivity contribution is -0.133. The normalized spacial score (nSPS) is 16.0. The van der Waals surface area contributed by atoms with Gasteiger partial charge in [-0.25, -0.2) is 0 Å². The van der Waals surface area contributed by atoms with Gasteiger partial charge in [-0.1, -0.05) is 11.6 Å². The van der Waals surface area contributed by atoms with Gasteiger partial charge in [0.05, 0.1) is 16.4 Å².